The molecule has 3 rings (SSSR count). The minimum absolute atomic E-state index is 0.255. The minimum atomic E-state index is -0.288. The second kappa shape index (κ2) is 5.14. The summed E-state index contributed by atoms with van der Waals surface area (Å²) in [5.74, 6) is 1.35. The third-order valence-corrected chi connectivity index (χ3v) is 4.12. The van der Waals surface area contributed by atoms with Crippen molar-refractivity contribution in [2.24, 2.45) is 12.8 Å². The molecule has 1 saturated carbocycles. The Morgan fingerprint density at radius 2 is 2.00 bits per heavy atom. The molecule has 2 aromatic heterocycles. The Kier molecular flexibility index (Phi) is 3.44. The van der Waals surface area contributed by atoms with Crippen LogP contribution >= 0.6 is 0 Å². The van der Waals surface area contributed by atoms with Gasteiger partial charge in [0.15, 0.2) is 11.2 Å². The molecule has 0 radical (unpaired) electrons. The van der Waals surface area contributed by atoms with Crippen LogP contribution in [0.25, 0.3) is 11.2 Å². The van der Waals surface area contributed by atoms with E-state index in [0.717, 1.165) is 18.7 Å². The topological polar surface area (TPSA) is 87.8 Å². The van der Waals surface area contributed by atoms with Crippen molar-refractivity contribution in [3.05, 3.63) is 26.7 Å². The fourth-order valence-corrected chi connectivity index (χ4v) is 2.82. The van der Waals surface area contributed by atoms with Gasteiger partial charge in [0.1, 0.15) is 5.82 Å². The molecule has 114 valence electrons. The predicted octanol–water partition coefficient (Wildman–Crippen LogP) is 0.143. The van der Waals surface area contributed by atoms with E-state index in [2.05, 4.69) is 4.98 Å². The highest BCUT2D eigenvalue weighted by Gasteiger charge is 2.30. The quantitative estimate of drug-likeness (QED) is 0.849. The van der Waals surface area contributed by atoms with Gasteiger partial charge in [-0.2, -0.15) is 0 Å². The van der Waals surface area contributed by atoms with E-state index in [1.165, 1.54) is 4.57 Å². The van der Waals surface area contributed by atoms with Gasteiger partial charge in [-0.3, -0.25) is 13.9 Å². The normalized spacial score (nSPS) is 15.0. The smallest absolute Gasteiger partial charge is 0.330 e. The number of hydrogen-bond acceptors (Lipinski definition) is 4. The van der Waals surface area contributed by atoms with Gasteiger partial charge < -0.3 is 10.3 Å². The molecular weight excluding hydrogens is 270 g/mol. The number of nitrogens with zero attached hydrogens (tertiary/aromatic N) is 4. The standard InChI is InChI=1S/C14H21N5O2/c1-3-18-12-10(17(2)11(16-12)9-5-6-9)13(20)19(14(18)21)8-4-7-15/h9H,3-8,15H2,1-2H3. The number of aromatic nitrogens is 4. The Morgan fingerprint density at radius 3 is 2.57 bits per heavy atom. The largest absolute Gasteiger partial charge is 0.332 e. The van der Waals surface area contributed by atoms with E-state index in [1.54, 1.807) is 4.57 Å². The molecule has 0 saturated heterocycles. The summed E-state index contributed by atoms with van der Waals surface area (Å²) in [6.45, 7) is 3.20. The van der Waals surface area contributed by atoms with Gasteiger partial charge in [-0.05, 0) is 32.7 Å². The zero-order valence-electron chi connectivity index (χ0n) is 12.5. The monoisotopic (exact) mass is 291 g/mol. The summed E-state index contributed by atoms with van der Waals surface area (Å²) in [6.07, 6.45) is 2.82. The van der Waals surface area contributed by atoms with Gasteiger partial charge in [0.05, 0.1) is 0 Å². The zero-order chi connectivity index (χ0) is 15.1. The number of imidazole rings is 1. The average Bonchev–Trinajstić information content (AvgIpc) is 3.24. The number of nitrogens with two attached hydrogens (primary N) is 1. The maximum Gasteiger partial charge on any atom is 0.332 e. The first-order valence-electron chi connectivity index (χ1n) is 7.50. The van der Waals surface area contributed by atoms with Crippen LogP contribution in [-0.4, -0.2) is 25.2 Å². The maximum atomic E-state index is 12.6. The van der Waals surface area contributed by atoms with Crippen molar-refractivity contribution in [2.45, 2.75) is 45.2 Å². The van der Waals surface area contributed by atoms with Crippen LogP contribution in [0, 0.1) is 0 Å². The van der Waals surface area contributed by atoms with Crippen LogP contribution in [0.5, 0.6) is 0 Å². The summed E-state index contributed by atoms with van der Waals surface area (Å²) in [5, 5.41) is 0. The van der Waals surface area contributed by atoms with Gasteiger partial charge in [0.25, 0.3) is 5.56 Å². The zero-order valence-corrected chi connectivity index (χ0v) is 12.5. The maximum absolute atomic E-state index is 12.6. The molecule has 0 aliphatic heterocycles. The van der Waals surface area contributed by atoms with Gasteiger partial charge in [0.2, 0.25) is 0 Å². The molecular formula is C14H21N5O2. The lowest BCUT2D eigenvalue weighted by atomic mass is 10.4. The lowest BCUT2D eigenvalue weighted by molar-refractivity contribution is 0.560. The van der Waals surface area contributed by atoms with E-state index in [4.69, 9.17) is 5.73 Å². The highest BCUT2D eigenvalue weighted by molar-refractivity contribution is 5.71. The van der Waals surface area contributed by atoms with E-state index in [1.807, 2.05) is 18.5 Å². The summed E-state index contributed by atoms with van der Waals surface area (Å²) in [5.41, 5.74) is 6.00. The fourth-order valence-electron chi connectivity index (χ4n) is 2.82. The molecule has 0 bridgehead atoms. The summed E-state index contributed by atoms with van der Waals surface area (Å²) in [4.78, 5) is 29.7. The van der Waals surface area contributed by atoms with Gasteiger partial charge in [-0.25, -0.2) is 9.78 Å². The first kappa shape index (κ1) is 14.1. The number of aryl methyl sites for hydroxylation is 2. The molecule has 7 nitrogen and oxygen atoms in total. The molecule has 2 aromatic rings. The second-order valence-corrected chi connectivity index (χ2v) is 5.60. The number of rotatable bonds is 5. The third kappa shape index (κ3) is 2.12. The number of hydrogen-bond donors (Lipinski definition) is 1. The van der Waals surface area contributed by atoms with E-state index >= 15 is 0 Å². The Labute approximate surface area is 122 Å². The van der Waals surface area contributed by atoms with Gasteiger partial charge >= 0.3 is 5.69 Å². The lowest BCUT2D eigenvalue weighted by Gasteiger charge is -2.09. The van der Waals surface area contributed by atoms with Crippen molar-refractivity contribution in [3.63, 3.8) is 0 Å². The van der Waals surface area contributed by atoms with Crippen LogP contribution in [0.2, 0.25) is 0 Å². The fraction of sp³-hybridized carbons (Fsp3) is 0.643. The Bertz CT molecular complexity index is 794. The van der Waals surface area contributed by atoms with Crippen molar-refractivity contribution in [1.82, 2.24) is 18.7 Å². The molecule has 1 aliphatic carbocycles. The van der Waals surface area contributed by atoms with Crippen LogP contribution in [0.1, 0.15) is 37.9 Å². The van der Waals surface area contributed by atoms with Crippen LogP contribution in [-0.2, 0) is 20.1 Å². The van der Waals surface area contributed by atoms with Crippen LogP contribution in [0.4, 0.5) is 0 Å². The van der Waals surface area contributed by atoms with Crippen molar-refractivity contribution >= 4 is 11.2 Å². The van der Waals surface area contributed by atoms with E-state index < -0.39 is 0 Å². The summed E-state index contributed by atoms with van der Waals surface area (Å²) in [6, 6.07) is 0. The lowest BCUT2D eigenvalue weighted by Crippen LogP contribution is -2.40. The van der Waals surface area contributed by atoms with E-state index in [-0.39, 0.29) is 11.2 Å². The Hall–Kier alpha value is -1.89. The van der Waals surface area contributed by atoms with Crippen LogP contribution < -0.4 is 17.0 Å². The molecule has 2 heterocycles. The van der Waals surface area contributed by atoms with Crippen LogP contribution in [0.15, 0.2) is 9.59 Å². The predicted molar refractivity (Wildman–Crippen MR) is 80.6 cm³/mol. The molecule has 0 spiro atoms. The third-order valence-electron chi connectivity index (χ3n) is 4.12. The first-order chi connectivity index (χ1) is 10.1. The summed E-state index contributed by atoms with van der Waals surface area (Å²) < 4.78 is 4.73. The Balaban J connectivity index is 2.32. The highest BCUT2D eigenvalue weighted by atomic mass is 16.2. The molecule has 0 amide bonds. The van der Waals surface area contributed by atoms with Crippen molar-refractivity contribution < 1.29 is 0 Å². The summed E-state index contributed by atoms with van der Waals surface area (Å²) in [7, 11) is 1.86. The van der Waals surface area contributed by atoms with Gasteiger partial charge in [0, 0.05) is 26.1 Å². The molecule has 21 heavy (non-hydrogen) atoms. The molecule has 1 aliphatic rings. The Morgan fingerprint density at radius 1 is 1.29 bits per heavy atom. The van der Waals surface area contributed by atoms with Gasteiger partial charge in [-0.1, -0.05) is 0 Å². The highest BCUT2D eigenvalue weighted by Crippen LogP contribution is 2.39. The van der Waals surface area contributed by atoms with Gasteiger partial charge in [-0.15, -0.1) is 0 Å². The first-order valence-corrected chi connectivity index (χ1v) is 7.50. The molecule has 7 heteroatoms. The van der Waals surface area contributed by atoms with Crippen molar-refractivity contribution in [2.75, 3.05) is 6.54 Å². The molecule has 2 N–H and O–H groups in total. The van der Waals surface area contributed by atoms with E-state index in [0.29, 0.717) is 43.1 Å². The molecule has 0 atom stereocenters. The SMILES string of the molecule is CCn1c(=O)n(CCCN)c(=O)c2c1nc(C1CC1)n2C. The second-order valence-electron chi connectivity index (χ2n) is 5.60. The number of fused-ring (bicyclic) bond motifs is 1. The minimum Gasteiger partial charge on any atom is -0.330 e. The molecule has 0 aromatic carbocycles. The summed E-state index contributed by atoms with van der Waals surface area (Å²) >= 11 is 0. The van der Waals surface area contributed by atoms with Crippen molar-refractivity contribution in [3.8, 4) is 0 Å². The average molecular weight is 291 g/mol. The molecule has 1 fully saturated rings. The van der Waals surface area contributed by atoms with E-state index in [9.17, 15) is 9.59 Å². The van der Waals surface area contributed by atoms with Crippen molar-refractivity contribution in [1.29, 1.82) is 0 Å². The molecule has 0 unspecified atom stereocenters. The van der Waals surface area contributed by atoms with Crippen LogP contribution in [0.3, 0.4) is 0 Å².